The van der Waals surface area contributed by atoms with Gasteiger partial charge in [0.25, 0.3) is 0 Å². The summed E-state index contributed by atoms with van der Waals surface area (Å²) >= 11 is 7.94. The monoisotopic (exact) mass is 337 g/mol. The van der Waals surface area contributed by atoms with Gasteiger partial charge in [-0.05, 0) is 5.56 Å². The molecule has 0 bridgehead atoms. The van der Waals surface area contributed by atoms with Gasteiger partial charge in [0.15, 0.2) is 5.13 Å². The van der Waals surface area contributed by atoms with Crippen LogP contribution in [-0.2, 0) is 11.3 Å². The van der Waals surface area contributed by atoms with Crippen molar-refractivity contribution in [3.8, 4) is 0 Å². The van der Waals surface area contributed by atoms with E-state index in [4.69, 9.17) is 16.3 Å². The highest BCUT2D eigenvalue weighted by Gasteiger charge is 2.23. The molecule has 1 atom stereocenters. The molecule has 6 heteroatoms. The molecule has 2 aromatic rings. The number of hydrogen-bond donors (Lipinski definition) is 0. The fraction of sp³-hybridized carbons (Fsp3) is 0.438. The smallest absolute Gasteiger partial charge is 0.186 e. The van der Waals surface area contributed by atoms with Crippen molar-refractivity contribution < 1.29 is 4.74 Å². The summed E-state index contributed by atoms with van der Waals surface area (Å²) in [5.41, 5.74) is 1.23. The second-order valence-corrected chi connectivity index (χ2v) is 7.03. The molecule has 0 unspecified atom stereocenters. The van der Waals surface area contributed by atoms with Crippen molar-refractivity contribution in [2.75, 3.05) is 38.7 Å². The van der Waals surface area contributed by atoms with Crippen LogP contribution >= 0.6 is 22.9 Å². The number of aromatic nitrogens is 1. The van der Waals surface area contributed by atoms with Crippen LogP contribution in [0.5, 0.6) is 0 Å². The van der Waals surface area contributed by atoms with E-state index in [2.05, 4.69) is 34.1 Å². The van der Waals surface area contributed by atoms with Crippen molar-refractivity contribution in [1.29, 1.82) is 0 Å². The van der Waals surface area contributed by atoms with Crippen molar-refractivity contribution in [2.45, 2.75) is 12.6 Å². The van der Waals surface area contributed by atoms with Crippen LogP contribution in [0.1, 0.15) is 16.5 Å². The molecule has 0 radical (unpaired) electrons. The van der Waals surface area contributed by atoms with Gasteiger partial charge in [-0.15, -0.1) is 0 Å². The molecule has 3 rings (SSSR count). The number of hydrogen-bond acceptors (Lipinski definition) is 5. The van der Waals surface area contributed by atoms with Gasteiger partial charge >= 0.3 is 0 Å². The predicted octanol–water partition coefficient (Wildman–Crippen LogP) is 3.44. The predicted molar refractivity (Wildman–Crippen MR) is 91.9 cm³/mol. The zero-order chi connectivity index (χ0) is 15.5. The number of anilines is 1. The molecule has 1 fully saturated rings. The summed E-state index contributed by atoms with van der Waals surface area (Å²) in [4.78, 5) is 9.91. The largest absolute Gasteiger partial charge is 0.371 e. The molecule has 0 spiro atoms. The van der Waals surface area contributed by atoms with Gasteiger partial charge in [0, 0.05) is 33.7 Å². The van der Waals surface area contributed by atoms with Crippen LogP contribution in [0.2, 0.25) is 5.15 Å². The van der Waals surface area contributed by atoms with Crippen molar-refractivity contribution in [3.05, 3.63) is 45.9 Å². The molecule has 0 amide bonds. The minimum atomic E-state index is 0.134. The third kappa shape index (κ3) is 3.60. The third-order valence-corrected chi connectivity index (χ3v) is 5.34. The first kappa shape index (κ1) is 15.7. The summed E-state index contributed by atoms with van der Waals surface area (Å²) in [6, 6.07) is 10.4. The van der Waals surface area contributed by atoms with Gasteiger partial charge in [0.05, 0.1) is 17.6 Å². The van der Waals surface area contributed by atoms with Gasteiger partial charge in [-0.1, -0.05) is 53.3 Å². The number of morpholine rings is 1. The number of rotatable bonds is 4. The Labute approximate surface area is 140 Å². The van der Waals surface area contributed by atoms with E-state index in [0.29, 0.717) is 5.15 Å². The van der Waals surface area contributed by atoms with E-state index in [1.807, 2.05) is 25.1 Å². The molecule has 22 heavy (non-hydrogen) atoms. The zero-order valence-corrected chi connectivity index (χ0v) is 14.4. The summed E-state index contributed by atoms with van der Waals surface area (Å²) in [7, 11) is 3.97. The number of benzene rings is 1. The van der Waals surface area contributed by atoms with Gasteiger partial charge in [0.2, 0.25) is 0 Å². The lowest BCUT2D eigenvalue weighted by atomic mass is 10.1. The van der Waals surface area contributed by atoms with E-state index in [0.717, 1.165) is 36.2 Å². The summed E-state index contributed by atoms with van der Waals surface area (Å²) in [5.74, 6) is 0. The summed E-state index contributed by atoms with van der Waals surface area (Å²) < 4.78 is 5.91. The first-order valence-corrected chi connectivity index (χ1v) is 8.54. The Hall–Kier alpha value is -1.14. The maximum Gasteiger partial charge on any atom is 0.186 e. The van der Waals surface area contributed by atoms with Gasteiger partial charge in [-0.3, -0.25) is 4.90 Å². The Morgan fingerprint density at radius 1 is 1.36 bits per heavy atom. The molecular formula is C16H20ClN3OS. The second-order valence-electron chi connectivity index (χ2n) is 5.61. The topological polar surface area (TPSA) is 28.6 Å². The van der Waals surface area contributed by atoms with Crippen molar-refractivity contribution in [3.63, 3.8) is 0 Å². The minimum absolute atomic E-state index is 0.134. The van der Waals surface area contributed by atoms with Crippen LogP contribution in [0.25, 0.3) is 0 Å². The molecule has 2 heterocycles. The molecule has 118 valence electrons. The summed E-state index contributed by atoms with van der Waals surface area (Å²) in [6.07, 6.45) is 0.134. The van der Waals surface area contributed by atoms with Crippen molar-refractivity contribution >= 4 is 28.1 Å². The maximum atomic E-state index is 6.28. The third-order valence-electron chi connectivity index (χ3n) is 3.71. The molecule has 0 saturated carbocycles. The molecule has 1 saturated heterocycles. The molecule has 1 aliphatic rings. The van der Waals surface area contributed by atoms with Crippen molar-refractivity contribution in [2.24, 2.45) is 0 Å². The maximum absolute atomic E-state index is 6.28. The Bertz CT molecular complexity index is 617. The lowest BCUT2D eigenvalue weighted by Gasteiger charge is -2.32. The Kier molecular flexibility index (Phi) is 4.98. The van der Waals surface area contributed by atoms with E-state index in [9.17, 15) is 0 Å². The van der Waals surface area contributed by atoms with E-state index in [1.54, 1.807) is 11.3 Å². The number of halogens is 1. The van der Waals surface area contributed by atoms with Crippen LogP contribution in [0, 0.1) is 0 Å². The van der Waals surface area contributed by atoms with Crippen LogP contribution in [0.4, 0.5) is 5.13 Å². The highest BCUT2D eigenvalue weighted by Crippen LogP contribution is 2.31. The first-order valence-electron chi connectivity index (χ1n) is 7.35. The second kappa shape index (κ2) is 6.96. The lowest BCUT2D eigenvalue weighted by Crippen LogP contribution is -2.37. The molecule has 0 aliphatic carbocycles. The van der Waals surface area contributed by atoms with Crippen LogP contribution in [-0.4, -0.2) is 43.7 Å². The zero-order valence-electron chi connectivity index (χ0n) is 12.8. The standard InChI is InChI=1S/C16H20ClN3OS/c1-19(2)16-18-15(17)14(22-16)11-20-8-9-21-13(10-20)12-6-4-3-5-7-12/h3-7,13H,8-11H2,1-2H3/t13-/m1/s1. The Balaban J connectivity index is 1.68. The quantitative estimate of drug-likeness (QED) is 0.854. The van der Waals surface area contributed by atoms with Gasteiger partial charge in [0.1, 0.15) is 5.15 Å². The van der Waals surface area contributed by atoms with Crippen molar-refractivity contribution in [1.82, 2.24) is 9.88 Å². The minimum Gasteiger partial charge on any atom is -0.371 e. The van der Waals surface area contributed by atoms with E-state index in [1.165, 1.54) is 5.56 Å². The molecular weight excluding hydrogens is 318 g/mol. The van der Waals surface area contributed by atoms with Gasteiger partial charge in [-0.2, -0.15) is 0 Å². The fourth-order valence-electron chi connectivity index (χ4n) is 2.53. The van der Waals surface area contributed by atoms with E-state index >= 15 is 0 Å². The average Bonchev–Trinajstić information content (AvgIpc) is 2.90. The Morgan fingerprint density at radius 2 is 2.14 bits per heavy atom. The number of thiazole rings is 1. The van der Waals surface area contributed by atoms with E-state index < -0.39 is 0 Å². The van der Waals surface area contributed by atoms with E-state index in [-0.39, 0.29) is 6.10 Å². The van der Waals surface area contributed by atoms with Crippen LogP contribution < -0.4 is 4.90 Å². The molecule has 1 aromatic heterocycles. The fourth-order valence-corrected chi connectivity index (χ4v) is 3.75. The Morgan fingerprint density at radius 3 is 2.82 bits per heavy atom. The van der Waals surface area contributed by atoms with Gasteiger partial charge < -0.3 is 9.64 Å². The highest BCUT2D eigenvalue weighted by atomic mass is 35.5. The van der Waals surface area contributed by atoms with Gasteiger partial charge in [-0.25, -0.2) is 4.98 Å². The highest BCUT2D eigenvalue weighted by molar-refractivity contribution is 7.16. The average molecular weight is 338 g/mol. The summed E-state index contributed by atoms with van der Waals surface area (Å²) in [6.45, 7) is 3.39. The first-order chi connectivity index (χ1) is 10.6. The lowest BCUT2D eigenvalue weighted by molar-refractivity contribution is -0.0326. The molecule has 4 nitrogen and oxygen atoms in total. The summed E-state index contributed by atoms with van der Waals surface area (Å²) in [5, 5.41) is 1.57. The molecule has 0 N–H and O–H groups in total. The molecule has 1 aliphatic heterocycles. The SMILES string of the molecule is CN(C)c1nc(Cl)c(CN2CCO[C@@H](c3ccccc3)C2)s1. The van der Waals surface area contributed by atoms with Crippen LogP contribution in [0.15, 0.2) is 30.3 Å². The number of ether oxygens (including phenoxy) is 1. The normalized spacial score (nSPS) is 19.3. The van der Waals surface area contributed by atoms with Crippen LogP contribution in [0.3, 0.4) is 0 Å². The number of nitrogens with zero attached hydrogens (tertiary/aromatic N) is 3. The molecule has 1 aromatic carbocycles.